The molecule has 0 aromatic heterocycles. The Hall–Kier alpha value is -2.73. The van der Waals surface area contributed by atoms with Gasteiger partial charge in [-0.3, -0.25) is 14.5 Å². The van der Waals surface area contributed by atoms with Crippen molar-refractivity contribution in [2.24, 2.45) is 0 Å². The predicted octanol–water partition coefficient (Wildman–Crippen LogP) is 3.78. The first-order chi connectivity index (χ1) is 14.9. The van der Waals surface area contributed by atoms with Crippen LogP contribution in [0, 0.1) is 0 Å². The molecule has 6 nitrogen and oxygen atoms in total. The minimum Gasteiger partial charge on any atom is -0.467 e. The molecular weight excluding hydrogens is 392 g/mol. The Kier molecular flexibility index (Phi) is 7.11. The average Bonchev–Trinajstić information content (AvgIpc) is 3.32. The zero-order chi connectivity index (χ0) is 22.6. The second-order valence-corrected chi connectivity index (χ2v) is 8.18. The summed E-state index contributed by atoms with van der Waals surface area (Å²) in [5.74, 6) is -1.75. The summed E-state index contributed by atoms with van der Waals surface area (Å²) < 4.78 is 5.24. The van der Waals surface area contributed by atoms with Crippen molar-refractivity contribution in [1.29, 1.82) is 0 Å². The standard InChI is InChI=1S/C25H32N2O4/c1-5-21(20-14-13-18-10-7-8-11-19(18)16-20)25(6-2,24(30)31-4)27(17(3)28)23(29)22-12-9-15-26-22/h7-8,10-11,13-14,16,21-22,26H,5-6,9,12,15H2,1-4H3/t21?,22-,25-/m0/s1. The van der Waals surface area contributed by atoms with Crippen LogP contribution in [0.3, 0.4) is 0 Å². The smallest absolute Gasteiger partial charge is 0.332 e. The molecule has 3 rings (SSSR count). The fraction of sp³-hybridized carbons (Fsp3) is 0.480. The van der Waals surface area contributed by atoms with Crippen LogP contribution in [0.1, 0.15) is 57.9 Å². The highest BCUT2D eigenvalue weighted by molar-refractivity contribution is 6.03. The van der Waals surface area contributed by atoms with Gasteiger partial charge in [0.2, 0.25) is 11.8 Å². The van der Waals surface area contributed by atoms with Crippen molar-refractivity contribution < 1.29 is 19.1 Å². The summed E-state index contributed by atoms with van der Waals surface area (Å²) in [5, 5.41) is 5.31. The molecule has 1 fully saturated rings. The van der Waals surface area contributed by atoms with Crippen LogP contribution in [0.15, 0.2) is 42.5 Å². The fourth-order valence-electron chi connectivity index (χ4n) is 5.07. The number of carbonyl (C=O) groups is 3. The molecule has 0 spiro atoms. The summed E-state index contributed by atoms with van der Waals surface area (Å²) in [6.07, 6.45) is 2.34. The molecule has 0 saturated carbocycles. The average molecular weight is 425 g/mol. The Morgan fingerprint density at radius 2 is 1.87 bits per heavy atom. The quantitative estimate of drug-likeness (QED) is 0.685. The number of fused-ring (bicyclic) bond motifs is 1. The van der Waals surface area contributed by atoms with E-state index in [0.717, 1.165) is 29.3 Å². The highest BCUT2D eigenvalue weighted by Crippen LogP contribution is 2.41. The summed E-state index contributed by atoms with van der Waals surface area (Å²) in [6, 6.07) is 13.6. The van der Waals surface area contributed by atoms with E-state index >= 15 is 0 Å². The van der Waals surface area contributed by atoms with E-state index in [1.807, 2.05) is 56.3 Å². The van der Waals surface area contributed by atoms with Crippen molar-refractivity contribution in [3.8, 4) is 0 Å². The summed E-state index contributed by atoms with van der Waals surface area (Å²) in [5.41, 5.74) is -0.508. The van der Waals surface area contributed by atoms with Gasteiger partial charge in [0.25, 0.3) is 0 Å². The molecule has 1 N–H and O–H groups in total. The third-order valence-electron chi connectivity index (χ3n) is 6.53. The number of rotatable bonds is 7. The van der Waals surface area contributed by atoms with Crippen LogP contribution in [0.5, 0.6) is 0 Å². The number of nitrogens with one attached hydrogen (secondary N) is 1. The van der Waals surface area contributed by atoms with Gasteiger partial charge >= 0.3 is 5.97 Å². The molecule has 3 atom stereocenters. The number of amides is 2. The molecule has 2 amide bonds. The van der Waals surface area contributed by atoms with E-state index in [4.69, 9.17) is 4.74 Å². The van der Waals surface area contributed by atoms with Crippen molar-refractivity contribution >= 4 is 28.6 Å². The first-order valence-corrected chi connectivity index (χ1v) is 11.1. The topological polar surface area (TPSA) is 75.7 Å². The van der Waals surface area contributed by atoms with Crippen molar-refractivity contribution in [3.63, 3.8) is 0 Å². The van der Waals surface area contributed by atoms with E-state index in [-0.39, 0.29) is 12.3 Å². The molecule has 1 aliphatic rings. The number of benzene rings is 2. The monoisotopic (exact) mass is 424 g/mol. The van der Waals surface area contributed by atoms with E-state index in [2.05, 4.69) is 5.32 Å². The van der Waals surface area contributed by atoms with Crippen LogP contribution in [0.25, 0.3) is 10.8 Å². The van der Waals surface area contributed by atoms with Crippen molar-refractivity contribution in [2.75, 3.05) is 13.7 Å². The number of hydrogen-bond acceptors (Lipinski definition) is 5. The molecule has 0 bridgehead atoms. The Morgan fingerprint density at radius 3 is 2.42 bits per heavy atom. The fourth-order valence-corrected chi connectivity index (χ4v) is 5.07. The van der Waals surface area contributed by atoms with Gasteiger partial charge < -0.3 is 10.1 Å². The van der Waals surface area contributed by atoms with Gasteiger partial charge in [0.1, 0.15) is 0 Å². The maximum atomic E-state index is 13.5. The molecule has 0 radical (unpaired) electrons. The molecule has 1 saturated heterocycles. The highest BCUT2D eigenvalue weighted by atomic mass is 16.5. The number of esters is 1. The number of nitrogens with zero attached hydrogens (tertiary/aromatic N) is 1. The molecule has 2 aromatic carbocycles. The Morgan fingerprint density at radius 1 is 1.16 bits per heavy atom. The predicted molar refractivity (Wildman–Crippen MR) is 121 cm³/mol. The van der Waals surface area contributed by atoms with Crippen molar-refractivity contribution in [3.05, 3.63) is 48.0 Å². The Labute approximate surface area is 183 Å². The lowest BCUT2D eigenvalue weighted by atomic mass is 9.73. The van der Waals surface area contributed by atoms with Crippen LogP contribution < -0.4 is 5.32 Å². The lowest BCUT2D eigenvalue weighted by Gasteiger charge is -2.45. The van der Waals surface area contributed by atoms with Gasteiger partial charge in [-0.15, -0.1) is 0 Å². The number of hydrogen-bond donors (Lipinski definition) is 1. The van der Waals surface area contributed by atoms with E-state index in [0.29, 0.717) is 12.8 Å². The molecule has 2 aromatic rings. The van der Waals surface area contributed by atoms with E-state index in [9.17, 15) is 14.4 Å². The maximum Gasteiger partial charge on any atom is 0.332 e. The number of methoxy groups -OCH3 is 1. The molecule has 31 heavy (non-hydrogen) atoms. The van der Waals surface area contributed by atoms with Gasteiger partial charge in [-0.05, 0) is 48.6 Å². The van der Waals surface area contributed by atoms with Gasteiger partial charge in [-0.2, -0.15) is 0 Å². The van der Waals surface area contributed by atoms with E-state index in [1.165, 1.54) is 18.9 Å². The third-order valence-corrected chi connectivity index (χ3v) is 6.53. The summed E-state index contributed by atoms with van der Waals surface area (Å²) in [7, 11) is 1.32. The molecule has 1 heterocycles. The SMILES string of the molecule is CCC(c1ccc2ccccc2c1)[C@@](CC)(C(=O)OC)N(C(C)=O)C(=O)[C@@H]1CCCN1. The van der Waals surface area contributed by atoms with Gasteiger partial charge in [0.05, 0.1) is 13.2 Å². The van der Waals surface area contributed by atoms with Crippen LogP contribution in [0.4, 0.5) is 0 Å². The summed E-state index contributed by atoms with van der Waals surface area (Å²) in [6.45, 7) is 5.89. The molecule has 0 aliphatic carbocycles. The normalized spacial score (nSPS) is 18.9. The van der Waals surface area contributed by atoms with Gasteiger partial charge in [0, 0.05) is 12.8 Å². The first-order valence-electron chi connectivity index (χ1n) is 11.1. The van der Waals surface area contributed by atoms with Crippen molar-refractivity contribution in [2.45, 2.75) is 64.0 Å². The van der Waals surface area contributed by atoms with E-state index < -0.39 is 29.4 Å². The first kappa shape index (κ1) is 22.9. The van der Waals surface area contributed by atoms with Gasteiger partial charge in [-0.1, -0.05) is 56.3 Å². The molecule has 6 heteroatoms. The minimum atomic E-state index is -1.42. The van der Waals surface area contributed by atoms with Gasteiger partial charge in [0.15, 0.2) is 5.54 Å². The highest BCUT2D eigenvalue weighted by Gasteiger charge is 2.54. The molecule has 166 valence electrons. The number of ether oxygens (including phenoxy) is 1. The second-order valence-electron chi connectivity index (χ2n) is 8.18. The zero-order valence-corrected chi connectivity index (χ0v) is 18.8. The Bertz CT molecular complexity index is 967. The summed E-state index contributed by atoms with van der Waals surface area (Å²) >= 11 is 0. The van der Waals surface area contributed by atoms with Crippen LogP contribution in [-0.4, -0.2) is 47.9 Å². The molecule has 1 aliphatic heterocycles. The Balaban J connectivity index is 2.18. The van der Waals surface area contributed by atoms with Crippen molar-refractivity contribution in [1.82, 2.24) is 10.2 Å². The lowest BCUT2D eigenvalue weighted by Crippen LogP contribution is -2.64. The zero-order valence-electron chi connectivity index (χ0n) is 18.8. The van der Waals surface area contributed by atoms with E-state index in [1.54, 1.807) is 0 Å². The van der Waals surface area contributed by atoms with Crippen LogP contribution >= 0.6 is 0 Å². The van der Waals surface area contributed by atoms with Gasteiger partial charge in [-0.25, -0.2) is 4.79 Å². The van der Waals surface area contributed by atoms with Crippen LogP contribution in [-0.2, 0) is 19.1 Å². The van der Waals surface area contributed by atoms with Crippen LogP contribution in [0.2, 0.25) is 0 Å². The largest absolute Gasteiger partial charge is 0.467 e. The molecular formula is C25H32N2O4. The number of imide groups is 1. The lowest BCUT2D eigenvalue weighted by molar-refractivity contribution is -0.171. The number of carbonyl (C=O) groups excluding carboxylic acids is 3. The summed E-state index contributed by atoms with van der Waals surface area (Å²) in [4.78, 5) is 41.0. The molecule has 1 unspecified atom stereocenters. The minimum absolute atomic E-state index is 0.267. The second kappa shape index (κ2) is 9.60. The maximum absolute atomic E-state index is 13.5. The third kappa shape index (κ3) is 4.09.